The van der Waals surface area contributed by atoms with E-state index < -0.39 is 0 Å². The zero-order valence-electron chi connectivity index (χ0n) is 13.1. The number of carbonyl (C=O) groups is 1. The number of thiophene rings is 1. The van der Waals surface area contributed by atoms with Gasteiger partial charge in [0.2, 0.25) is 5.91 Å². The lowest BCUT2D eigenvalue weighted by Crippen LogP contribution is -2.44. The van der Waals surface area contributed by atoms with Gasteiger partial charge in [0, 0.05) is 43.6 Å². The van der Waals surface area contributed by atoms with Crippen LogP contribution in [0.5, 0.6) is 0 Å². The topological polar surface area (TPSA) is 41.6 Å². The summed E-state index contributed by atoms with van der Waals surface area (Å²) in [7, 11) is 0. The maximum absolute atomic E-state index is 12.0. The monoisotopic (exact) mass is 322 g/mol. The summed E-state index contributed by atoms with van der Waals surface area (Å²) in [5, 5.41) is 5.34. The van der Waals surface area contributed by atoms with E-state index in [1.807, 2.05) is 11.3 Å². The highest BCUT2D eigenvalue weighted by molar-refractivity contribution is 7.09. The van der Waals surface area contributed by atoms with Gasteiger partial charge in [0.1, 0.15) is 0 Å². The van der Waals surface area contributed by atoms with Crippen LogP contribution < -0.4 is 5.32 Å². The molecule has 0 bridgehead atoms. The van der Waals surface area contributed by atoms with Crippen molar-refractivity contribution in [1.29, 1.82) is 0 Å². The molecular weight excluding hydrogens is 296 g/mol. The SMILES string of the molecule is O=C(CC[C@@H]1CCCO1)NC1CCN(Cc2cccs2)CC1. The maximum Gasteiger partial charge on any atom is 0.220 e. The van der Waals surface area contributed by atoms with E-state index in [1.54, 1.807) is 0 Å². The molecule has 5 heteroatoms. The fourth-order valence-corrected chi connectivity index (χ4v) is 4.07. The molecule has 3 heterocycles. The summed E-state index contributed by atoms with van der Waals surface area (Å²) in [6.45, 7) is 4.08. The number of hydrogen-bond donors (Lipinski definition) is 1. The standard InChI is InChI=1S/C17H26N2O2S/c20-17(6-5-15-3-1-11-21-15)18-14-7-9-19(10-8-14)13-16-4-2-12-22-16/h2,4,12,14-15H,1,3,5-11,13H2,(H,18,20)/t15-/m0/s1. The van der Waals surface area contributed by atoms with Crippen molar-refractivity contribution in [3.63, 3.8) is 0 Å². The average molecular weight is 322 g/mol. The Balaban J connectivity index is 1.32. The lowest BCUT2D eigenvalue weighted by molar-refractivity contribution is -0.122. The largest absolute Gasteiger partial charge is 0.378 e. The van der Waals surface area contributed by atoms with E-state index in [4.69, 9.17) is 4.74 Å². The highest BCUT2D eigenvalue weighted by Crippen LogP contribution is 2.18. The Morgan fingerprint density at radius 1 is 1.36 bits per heavy atom. The second-order valence-corrected chi connectivity index (χ2v) is 7.40. The van der Waals surface area contributed by atoms with Crippen LogP contribution in [0.15, 0.2) is 17.5 Å². The van der Waals surface area contributed by atoms with Crippen molar-refractivity contribution in [2.24, 2.45) is 0 Å². The van der Waals surface area contributed by atoms with Gasteiger partial charge in [0.15, 0.2) is 0 Å². The smallest absolute Gasteiger partial charge is 0.220 e. The van der Waals surface area contributed by atoms with Gasteiger partial charge in [-0.2, -0.15) is 0 Å². The molecule has 1 amide bonds. The number of piperidine rings is 1. The van der Waals surface area contributed by atoms with Gasteiger partial charge in [-0.15, -0.1) is 11.3 Å². The number of hydrogen-bond acceptors (Lipinski definition) is 4. The summed E-state index contributed by atoms with van der Waals surface area (Å²) in [6, 6.07) is 4.67. The van der Waals surface area contributed by atoms with Crippen LogP contribution in [0.2, 0.25) is 0 Å². The van der Waals surface area contributed by atoms with E-state index in [0.717, 1.165) is 58.3 Å². The molecule has 1 N–H and O–H groups in total. The third kappa shape index (κ3) is 4.80. The van der Waals surface area contributed by atoms with Crippen LogP contribution in [-0.4, -0.2) is 42.6 Å². The normalized spacial score (nSPS) is 23.7. The zero-order chi connectivity index (χ0) is 15.2. The van der Waals surface area contributed by atoms with Crippen molar-refractivity contribution >= 4 is 17.2 Å². The van der Waals surface area contributed by atoms with E-state index in [0.29, 0.717) is 18.6 Å². The molecule has 2 saturated heterocycles. The van der Waals surface area contributed by atoms with Crippen LogP contribution in [-0.2, 0) is 16.1 Å². The second kappa shape index (κ2) is 8.09. The van der Waals surface area contributed by atoms with Gasteiger partial charge in [-0.3, -0.25) is 9.69 Å². The predicted molar refractivity (Wildman–Crippen MR) is 89.0 cm³/mol. The molecule has 1 aromatic rings. The minimum Gasteiger partial charge on any atom is -0.378 e. The third-order valence-electron chi connectivity index (χ3n) is 4.63. The van der Waals surface area contributed by atoms with Gasteiger partial charge in [-0.1, -0.05) is 6.07 Å². The highest BCUT2D eigenvalue weighted by Gasteiger charge is 2.22. The Labute approximate surface area is 136 Å². The molecule has 0 aliphatic carbocycles. The van der Waals surface area contributed by atoms with E-state index >= 15 is 0 Å². The second-order valence-electron chi connectivity index (χ2n) is 6.37. The van der Waals surface area contributed by atoms with Gasteiger partial charge < -0.3 is 10.1 Å². The van der Waals surface area contributed by atoms with Crippen LogP contribution in [0.4, 0.5) is 0 Å². The minimum atomic E-state index is 0.201. The Kier molecular flexibility index (Phi) is 5.87. The van der Waals surface area contributed by atoms with Crippen LogP contribution in [0.3, 0.4) is 0 Å². The van der Waals surface area contributed by atoms with E-state index in [2.05, 4.69) is 27.7 Å². The summed E-state index contributed by atoms with van der Waals surface area (Å²) in [5.41, 5.74) is 0. The van der Waals surface area contributed by atoms with Crippen molar-refractivity contribution in [2.75, 3.05) is 19.7 Å². The van der Waals surface area contributed by atoms with Crippen LogP contribution in [0.1, 0.15) is 43.4 Å². The summed E-state index contributed by atoms with van der Waals surface area (Å²) in [5.74, 6) is 0.201. The van der Waals surface area contributed by atoms with E-state index in [1.165, 1.54) is 4.88 Å². The quantitative estimate of drug-likeness (QED) is 0.875. The number of amides is 1. The summed E-state index contributed by atoms with van der Waals surface area (Å²) in [4.78, 5) is 15.9. The molecule has 0 radical (unpaired) electrons. The Morgan fingerprint density at radius 2 is 2.23 bits per heavy atom. The fraction of sp³-hybridized carbons (Fsp3) is 0.706. The minimum absolute atomic E-state index is 0.201. The van der Waals surface area contributed by atoms with Crippen LogP contribution in [0, 0.1) is 0 Å². The zero-order valence-corrected chi connectivity index (χ0v) is 13.9. The Hall–Kier alpha value is -0.910. The molecule has 122 valence electrons. The van der Waals surface area contributed by atoms with E-state index in [9.17, 15) is 4.79 Å². The molecule has 0 saturated carbocycles. The van der Waals surface area contributed by atoms with Gasteiger partial charge >= 0.3 is 0 Å². The molecule has 22 heavy (non-hydrogen) atoms. The van der Waals surface area contributed by atoms with Crippen molar-refractivity contribution in [2.45, 2.75) is 57.2 Å². The van der Waals surface area contributed by atoms with Gasteiger partial charge in [-0.25, -0.2) is 0 Å². The molecule has 1 atom stereocenters. The molecule has 0 spiro atoms. The number of nitrogens with one attached hydrogen (secondary N) is 1. The van der Waals surface area contributed by atoms with Gasteiger partial charge in [0.05, 0.1) is 6.10 Å². The molecule has 3 rings (SSSR count). The third-order valence-corrected chi connectivity index (χ3v) is 5.49. The number of likely N-dealkylation sites (tertiary alicyclic amines) is 1. The van der Waals surface area contributed by atoms with Gasteiger partial charge in [-0.05, 0) is 43.6 Å². The van der Waals surface area contributed by atoms with Crippen LogP contribution in [0.25, 0.3) is 0 Å². The number of rotatable bonds is 6. The average Bonchev–Trinajstić information content (AvgIpc) is 3.20. The summed E-state index contributed by atoms with van der Waals surface area (Å²) >= 11 is 1.82. The lowest BCUT2D eigenvalue weighted by atomic mass is 10.0. The number of ether oxygens (including phenoxy) is 1. The fourth-order valence-electron chi connectivity index (χ4n) is 3.32. The molecule has 2 aliphatic heterocycles. The maximum atomic E-state index is 12.0. The Bertz CT molecular complexity index is 449. The van der Waals surface area contributed by atoms with E-state index in [-0.39, 0.29) is 5.91 Å². The molecule has 0 aromatic carbocycles. The van der Waals surface area contributed by atoms with Gasteiger partial charge in [0.25, 0.3) is 0 Å². The molecule has 4 nitrogen and oxygen atoms in total. The van der Waals surface area contributed by atoms with Crippen molar-refractivity contribution < 1.29 is 9.53 Å². The Morgan fingerprint density at radius 3 is 2.91 bits per heavy atom. The molecule has 1 aromatic heterocycles. The number of nitrogens with zero attached hydrogens (tertiary/aromatic N) is 1. The first kappa shape index (κ1) is 16.0. The summed E-state index contributed by atoms with van der Waals surface area (Å²) in [6.07, 6.45) is 6.21. The molecule has 2 fully saturated rings. The van der Waals surface area contributed by atoms with Crippen molar-refractivity contribution in [3.05, 3.63) is 22.4 Å². The predicted octanol–water partition coefficient (Wildman–Crippen LogP) is 2.79. The first-order chi connectivity index (χ1) is 10.8. The summed E-state index contributed by atoms with van der Waals surface area (Å²) < 4.78 is 5.57. The first-order valence-corrected chi connectivity index (χ1v) is 9.33. The molecular formula is C17H26N2O2S. The first-order valence-electron chi connectivity index (χ1n) is 8.45. The van der Waals surface area contributed by atoms with Crippen molar-refractivity contribution in [1.82, 2.24) is 10.2 Å². The van der Waals surface area contributed by atoms with Crippen LogP contribution >= 0.6 is 11.3 Å². The highest BCUT2D eigenvalue weighted by atomic mass is 32.1. The molecule has 0 unspecified atom stereocenters. The van der Waals surface area contributed by atoms with Crippen molar-refractivity contribution in [3.8, 4) is 0 Å². The lowest BCUT2D eigenvalue weighted by Gasteiger charge is -2.32. The number of carbonyl (C=O) groups excluding carboxylic acids is 1. The molecule has 2 aliphatic rings.